The fraction of sp³-hybridized carbons (Fsp3) is 0.545. The van der Waals surface area contributed by atoms with E-state index in [1.54, 1.807) is 6.33 Å². The summed E-state index contributed by atoms with van der Waals surface area (Å²) in [5.41, 5.74) is 1.03. The molecule has 1 N–H and O–H groups in total. The Morgan fingerprint density at radius 3 is 2.88 bits per heavy atom. The van der Waals surface area contributed by atoms with E-state index in [-0.39, 0.29) is 0 Å². The van der Waals surface area contributed by atoms with Gasteiger partial charge in [-0.25, -0.2) is 4.98 Å². The fourth-order valence-electron chi connectivity index (χ4n) is 1.72. The average Bonchev–Trinajstić information content (AvgIpc) is 2.83. The average molecular weight is 234 g/mol. The van der Waals surface area contributed by atoms with Crippen molar-refractivity contribution in [3.8, 4) is 0 Å². The minimum Gasteiger partial charge on any atom is -0.348 e. The zero-order chi connectivity index (χ0) is 12.3. The Labute approximate surface area is 101 Å². The Kier molecular flexibility index (Phi) is 3.41. The number of rotatable bonds is 5. The monoisotopic (exact) mass is 234 g/mol. The van der Waals surface area contributed by atoms with Gasteiger partial charge in [-0.2, -0.15) is 0 Å². The lowest BCUT2D eigenvalue weighted by Gasteiger charge is -2.07. The van der Waals surface area contributed by atoms with Crippen molar-refractivity contribution in [1.82, 2.24) is 24.3 Å². The molecule has 2 aromatic rings. The van der Waals surface area contributed by atoms with Crippen molar-refractivity contribution in [2.24, 2.45) is 7.05 Å². The first-order valence-corrected chi connectivity index (χ1v) is 5.81. The molecule has 0 aliphatic carbocycles. The van der Waals surface area contributed by atoms with Crippen LogP contribution in [0.5, 0.6) is 0 Å². The summed E-state index contributed by atoms with van der Waals surface area (Å²) < 4.78 is 4.03. The van der Waals surface area contributed by atoms with Gasteiger partial charge >= 0.3 is 0 Å². The van der Waals surface area contributed by atoms with Crippen LogP contribution in [0.15, 0.2) is 12.5 Å². The van der Waals surface area contributed by atoms with E-state index in [4.69, 9.17) is 0 Å². The van der Waals surface area contributed by atoms with Gasteiger partial charge in [0, 0.05) is 19.8 Å². The van der Waals surface area contributed by atoms with Gasteiger partial charge in [0.15, 0.2) is 5.82 Å². The van der Waals surface area contributed by atoms with E-state index >= 15 is 0 Å². The van der Waals surface area contributed by atoms with E-state index in [2.05, 4.69) is 38.2 Å². The first kappa shape index (κ1) is 11.6. The van der Waals surface area contributed by atoms with Gasteiger partial charge in [-0.05, 0) is 13.3 Å². The normalized spacial score (nSPS) is 10.8. The molecule has 0 saturated carbocycles. The van der Waals surface area contributed by atoms with E-state index in [0.29, 0.717) is 6.54 Å². The van der Waals surface area contributed by atoms with Crippen LogP contribution >= 0.6 is 0 Å². The van der Waals surface area contributed by atoms with Crippen LogP contribution in [0.25, 0.3) is 0 Å². The third-order valence-corrected chi connectivity index (χ3v) is 2.57. The van der Waals surface area contributed by atoms with Crippen LogP contribution in [0, 0.1) is 6.92 Å². The molecule has 0 radical (unpaired) electrons. The first-order valence-electron chi connectivity index (χ1n) is 5.81. The fourth-order valence-corrected chi connectivity index (χ4v) is 1.72. The standard InChI is InChI=1S/C11H18N6/c1-4-5-17-7-9(2)14-11(17)12-6-10-15-13-8-16(10)3/h7-8H,4-6H2,1-3H3,(H,12,14). The summed E-state index contributed by atoms with van der Waals surface area (Å²) in [5.74, 6) is 1.79. The van der Waals surface area contributed by atoms with Crippen LogP contribution in [-0.2, 0) is 20.1 Å². The van der Waals surface area contributed by atoms with Crippen LogP contribution in [-0.4, -0.2) is 24.3 Å². The number of imidazole rings is 1. The molecule has 0 bridgehead atoms. The molecular weight excluding hydrogens is 216 g/mol. The number of hydrogen-bond donors (Lipinski definition) is 1. The molecule has 17 heavy (non-hydrogen) atoms. The second-order valence-corrected chi connectivity index (χ2v) is 4.11. The van der Waals surface area contributed by atoms with Crippen molar-refractivity contribution in [2.45, 2.75) is 33.4 Å². The third-order valence-electron chi connectivity index (χ3n) is 2.57. The second-order valence-electron chi connectivity index (χ2n) is 4.11. The Bertz CT molecular complexity index is 484. The molecule has 6 heteroatoms. The summed E-state index contributed by atoms with van der Waals surface area (Å²) in [5, 5.41) is 11.2. The molecule has 0 unspecified atom stereocenters. The van der Waals surface area contributed by atoms with Crippen molar-refractivity contribution in [1.29, 1.82) is 0 Å². The van der Waals surface area contributed by atoms with Gasteiger partial charge in [-0.3, -0.25) is 0 Å². The van der Waals surface area contributed by atoms with Crippen molar-refractivity contribution < 1.29 is 0 Å². The molecule has 2 rings (SSSR count). The van der Waals surface area contributed by atoms with Gasteiger partial charge in [-0.1, -0.05) is 6.92 Å². The SMILES string of the molecule is CCCn1cc(C)nc1NCc1nncn1C. The molecule has 0 spiro atoms. The first-order chi connectivity index (χ1) is 8.20. The molecule has 0 aliphatic rings. The Balaban J connectivity index is 2.05. The molecule has 0 amide bonds. The highest BCUT2D eigenvalue weighted by Crippen LogP contribution is 2.10. The van der Waals surface area contributed by atoms with Gasteiger partial charge in [-0.15, -0.1) is 10.2 Å². The van der Waals surface area contributed by atoms with E-state index in [1.807, 2.05) is 18.5 Å². The summed E-state index contributed by atoms with van der Waals surface area (Å²) in [7, 11) is 1.93. The van der Waals surface area contributed by atoms with Crippen molar-refractivity contribution in [3.63, 3.8) is 0 Å². The largest absolute Gasteiger partial charge is 0.348 e. The number of anilines is 1. The summed E-state index contributed by atoms with van der Waals surface area (Å²) >= 11 is 0. The number of aromatic nitrogens is 5. The van der Waals surface area contributed by atoms with Crippen LogP contribution < -0.4 is 5.32 Å². The van der Waals surface area contributed by atoms with Crippen LogP contribution in [0.3, 0.4) is 0 Å². The van der Waals surface area contributed by atoms with Crippen LogP contribution in [0.2, 0.25) is 0 Å². The Hall–Kier alpha value is -1.85. The van der Waals surface area contributed by atoms with E-state index in [9.17, 15) is 0 Å². The Morgan fingerprint density at radius 2 is 2.24 bits per heavy atom. The van der Waals surface area contributed by atoms with E-state index in [0.717, 1.165) is 30.4 Å². The molecular formula is C11H18N6. The van der Waals surface area contributed by atoms with Crippen molar-refractivity contribution >= 4 is 5.95 Å². The lowest BCUT2D eigenvalue weighted by Crippen LogP contribution is -2.10. The summed E-state index contributed by atoms with van der Waals surface area (Å²) in [6.45, 7) is 5.76. The zero-order valence-corrected chi connectivity index (χ0v) is 10.5. The number of nitrogens with one attached hydrogen (secondary N) is 1. The second kappa shape index (κ2) is 4.99. The quantitative estimate of drug-likeness (QED) is 0.848. The predicted molar refractivity (Wildman–Crippen MR) is 65.6 cm³/mol. The maximum absolute atomic E-state index is 4.45. The van der Waals surface area contributed by atoms with Gasteiger partial charge < -0.3 is 14.5 Å². The third kappa shape index (κ3) is 2.64. The predicted octanol–water partition coefficient (Wildman–Crippen LogP) is 1.34. The molecule has 2 aromatic heterocycles. The lowest BCUT2D eigenvalue weighted by atomic mass is 10.5. The number of aryl methyl sites for hydroxylation is 3. The van der Waals surface area contributed by atoms with Gasteiger partial charge in [0.05, 0.1) is 12.2 Å². The molecule has 6 nitrogen and oxygen atoms in total. The van der Waals surface area contributed by atoms with Gasteiger partial charge in [0.2, 0.25) is 5.95 Å². The van der Waals surface area contributed by atoms with Crippen LogP contribution in [0.4, 0.5) is 5.95 Å². The molecule has 0 fully saturated rings. The van der Waals surface area contributed by atoms with E-state index < -0.39 is 0 Å². The highest BCUT2D eigenvalue weighted by atomic mass is 15.3. The maximum atomic E-state index is 4.45. The highest BCUT2D eigenvalue weighted by molar-refractivity contribution is 5.28. The van der Waals surface area contributed by atoms with Gasteiger partial charge in [0.25, 0.3) is 0 Å². The van der Waals surface area contributed by atoms with Crippen LogP contribution in [0.1, 0.15) is 24.9 Å². The summed E-state index contributed by atoms with van der Waals surface area (Å²) in [6, 6.07) is 0. The Morgan fingerprint density at radius 1 is 1.41 bits per heavy atom. The number of nitrogens with zero attached hydrogens (tertiary/aromatic N) is 5. The molecule has 0 aliphatic heterocycles. The summed E-state index contributed by atoms with van der Waals surface area (Å²) in [4.78, 5) is 4.45. The number of hydrogen-bond acceptors (Lipinski definition) is 4. The maximum Gasteiger partial charge on any atom is 0.203 e. The topological polar surface area (TPSA) is 60.6 Å². The molecule has 92 valence electrons. The van der Waals surface area contributed by atoms with Gasteiger partial charge in [0.1, 0.15) is 6.33 Å². The van der Waals surface area contributed by atoms with E-state index in [1.165, 1.54) is 0 Å². The highest BCUT2D eigenvalue weighted by Gasteiger charge is 2.06. The van der Waals surface area contributed by atoms with Crippen molar-refractivity contribution in [2.75, 3.05) is 5.32 Å². The molecule has 0 atom stereocenters. The minimum atomic E-state index is 0.636. The lowest BCUT2D eigenvalue weighted by molar-refractivity contribution is 0.678. The zero-order valence-electron chi connectivity index (χ0n) is 10.5. The molecule has 0 saturated heterocycles. The molecule has 2 heterocycles. The smallest absolute Gasteiger partial charge is 0.203 e. The summed E-state index contributed by atoms with van der Waals surface area (Å²) in [6.07, 6.45) is 4.84. The molecule has 0 aromatic carbocycles. The van der Waals surface area contributed by atoms with Crippen molar-refractivity contribution in [3.05, 3.63) is 24.0 Å². The minimum absolute atomic E-state index is 0.636.